The lowest BCUT2D eigenvalue weighted by atomic mass is 10.2. The predicted octanol–water partition coefficient (Wildman–Crippen LogP) is 2.40. The molecule has 0 aliphatic heterocycles. The van der Waals surface area contributed by atoms with E-state index in [4.69, 9.17) is 5.11 Å². The van der Waals surface area contributed by atoms with Crippen LogP contribution in [0, 0.1) is 20.8 Å². The fraction of sp³-hybridized carbons (Fsp3) is 0.400. The summed E-state index contributed by atoms with van der Waals surface area (Å²) in [5, 5.41) is 16.6. The van der Waals surface area contributed by atoms with Gasteiger partial charge >= 0.3 is 5.97 Å². The van der Waals surface area contributed by atoms with E-state index in [9.17, 15) is 4.79 Å². The molecule has 0 atom stereocenters. The van der Waals surface area contributed by atoms with Crippen molar-refractivity contribution >= 4 is 11.8 Å². The first-order valence-electron chi connectivity index (χ1n) is 6.92. The van der Waals surface area contributed by atoms with Crippen LogP contribution in [0.5, 0.6) is 0 Å². The summed E-state index contributed by atoms with van der Waals surface area (Å²) in [6.07, 6.45) is 0.889. The van der Waals surface area contributed by atoms with Gasteiger partial charge in [-0.05, 0) is 45.4 Å². The number of anilines is 1. The normalized spacial score (nSPS) is 10.6. The summed E-state index contributed by atoms with van der Waals surface area (Å²) in [5.41, 5.74) is 3.11. The number of carboxylic acids is 1. The molecule has 2 aromatic rings. The van der Waals surface area contributed by atoms with Gasteiger partial charge in [0, 0.05) is 24.5 Å². The van der Waals surface area contributed by atoms with E-state index < -0.39 is 5.97 Å². The molecule has 21 heavy (non-hydrogen) atoms. The Labute approximate surface area is 123 Å². The Hall–Kier alpha value is -2.37. The lowest BCUT2D eigenvalue weighted by Gasteiger charge is -2.08. The first kappa shape index (κ1) is 15.0. The number of pyridine rings is 1. The molecule has 0 spiro atoms. The van der Waals surface area contributed by atoms with Crippen molar-refractivity contribution in [1.82, 2.24) is 14.8 Å². The molecule has 0 aliphatic rings. The molecule has 112 valence electrons. The van der Waals surface area contributed by atoms with E-state index in [1.807, 2.05) is 18.5 Å². The Morgan fingerprint density at radius 3 is 2.62 bits per heavy atom. The van der Waals surface area contributed by atoms with Crippen molar-refractivity contribution in [2.24, 2.45) is 0 Å². The Morgan fingerprint density at radius 1 is 1.24 bits per heavy atom. The van der Waals surface area contributed by atoms with Crippen LogP contribution < -0.4 is 5.32 Å². The fourth-order valence-corrected chi connectivity index (χ4v) is 2.23. The van der Waals surface area contributed by atoms with Crippen LogP contribution in [-0.4, -0.2) is 32.4 Å². The van der Waals surface area contributed by atoms with Crippen molar-refractivity contribution in [3.05, 3.63) is 40.8 Å². The molecule has 0 radical (unpaired) electrons. The van der Waals surface area contributed by atoms with Crippen molar-refractivity contribution in [2.45, 2.75) is 33.7 Å². The van der Waals surface area contributed by atoms with E-state index in [-0.39, 0.29) is 5.56 Å². The lowest BCUT2D eigenvalue weighted by Crippen LogP contribution is -2.10. The second-order valence-corrected chi connectivity index (χ2v) is 5.12. The number of hydrogen-bond acceptors (Lipinski definition) is 4. The highest BCUT2D eigenvalue weighted by atomic mass is 16.4. The molecule has 0 bridgehead atoms. The number of aryl methyl sites for hydroxylation is 4. The summed E-state index contributed by atoms with van der Waals surface area (Å²) < 4.78 is 1.98. The summed E-state index contributed by atoms with van der Waals surface area (Å²) in [7, 11) is 0. The van der Waals surface area contributed by atoms with Gasteiger partial charge in [0.1, 0.15) is 5.82 Å². The SMILES string of the molecule is Cc1cc(C(=O)O)cc(NCCCn2nc(C)cc2C)n1. The Kier molecular flexibility index (Phi) is 4.57. The Morgan fingerprint density at radius 2 is 2.00 bits per heavy atom. The highest BCUT2D eigenvalue weighted by Gasteiger charge is 2.06. The predicted molar refractivity (Wildman–Crippen MR) is 80.7 cm³/mol. The fourth-order valence-electron chi connectivity index (χ4n) is 2.23. The zero-order valence-corrected chi connectivity index (χ0v) is 12.6. The largest absolute Gasteiger partial charge is 0.478 e. The first-order valence-corrected chi connectivity index (χ1v) is 6.92. The van der Waals surface area contributed by atoms with Crippen LogP contribution in [0.4, 0.5) is 5.82 Å². The molecule has 2 N–H and O–H groups in total. The van der Waals surface area contributed by atoms with Gasteiger partial charge in [0.2, 0.25) is 0 Å². The van der Waals surface area contributed by atoms with E-state index in [0.717, 1.165) is 24.4 Å². The number of carboxylic acid groups (broad SMARTS) is 1. The van der Waals surface area contributed by atoms with Gasteiger partial charge in [-0.25, -0.2) is 9.78 Å². The average molecular weight is 288 g/mol. The number of aromatic carboxylic acids is 1. The van der Waals surface area contributed by atoms with E-state index in [1.54, 1.807) is 19.1 Å². The summed E-state index contributed by atoms with van der Waals surface area (Å²) in [6, 6.07) is 5.16. The lowest BCUT2D eigenvalue weighted by molar-refractivity contribution is 0.0696. The van der Waals surface area contributed by atoms with Gasteiger partial charge in [0.05, 0.1) is 11.3 Å². The molecule has 0 aromatic carbocycles. The molecule has 0 saturated carbocycles. The molecular weight excluding hydrogens is 268 g/mol. The standard InChI is InChI=1S/C15H20N4O2/c1-10-8-13(15(20)21)9-14(17-10)16-5-4-6-19-12(3)7-11(2)18-19/h7-9H,4-6H2,1-3H3,(H,16,17)(H,20,21). The van der Waals surface area contributed by atoms with Crippen molar-refractivity contribution < 1.29 is 9.90 Å². The van der Waals surface area contributed by atoms with Crippen LogP contribution in [0.15, 0.2) is 18.2 Å². The second-order valence-electron chi connectivity index (χ2n) is 5.12. The zero-order valence-electron chi connectivity index (χ0n) is 12.6. The van der Waals surface area contributed by atoms with Gasteiger partial charge in [-0.3, -0.25) is 4.68 Å². The van der Waals surface area contributed by atoms with Crippen LogP contribution in [0.1, 0.15) is 33.9 Å². The van der Waals surface area contributed by atoms with Gasteiger partial charge in [-0.15, -0.1) is 0 Å². The summed E-state index contributed by atoms with van der Waals surface area (Å²) in [4.78, 5) is 15.3. The highest BCUT2D eigenvalue weighted by molar-refractivity contribution is 5.88. The van der Waals surface area contributed by atoms with Crippen LogP contribution >= 0.6 is 0 Å². The molecule has 6 nitrogen and oxygen atoms in total. The zero-order chi connectivity index (χ0) is 15.4. The summed E-state index contributed by atoms with van der Waals surface area (Å²) >= 11 is 0. The number of carbonyl (C=O) groups is 1. The minimum absolute atomic E-state index is 0.253. The first-order chi connectivity index (χ1) is 9.95. The number of rotatable bonds is 6. The molecular formula is C15H20N4O2. The van der Waals surface area contributed by atoms with Crippen molar-refractivity contribution in [3.63, 3.8) is 0 Å². The maximum Gasteiger partial charge on any atom is 0.335 e. The number of nitrogens with zero attached hydrogens (tertiary/aromatic N) is 3. The number of hydrogen-bond donors (Lipinski definition) is 2. The van der Waals surface area contributed by atoms with E-state index in [2.05, 4.69) is 21.5 Å². The van der Waals surface area contributed by atoms with Crippen molar-refractivity contribution in [2.75, 3.05) is 11.9 Å². The molecule has 0 fully saturated rings. The molecule has 0 unspecified atom stereocenters. The molecule has 2 aromatic heterocycles. The van der Waals surface area contributed by atoms with Gasteiger partial charge in [-0.1, -0.05) is 0 Å². The third kappa shape index (κ3) is 4.05. The molecule has 2 heterocycles. The summed E-state index contributed by atoms with van der Waals surface area (Å²) in [6.45, 7) is 7.34. The molecule has 2 rings (SSSR count). The maximum absolute atomic E-state index is 11.0. The van der Waals surface area contributed by atoms with Gasteiger partial charge in [-0.2, -0.15) is 5.10 Å². The molecule has 0 saturated heterocycles. The van der Waals surface area contributed by atoms with Crippen molar-refractivity contribution in [1.29, 1.82) is 0 Å². The molecule has 0 amide bonds. The monoisotopic (exact) mass is 288 g/mol. The smallest absolute Gasteiger partial charge is 0.335 e. The maximum atomic E-state index is 11.0. The van der Waals surface area contributed by atoms with Crippen LogP contribution in [0.3, 0.4) is 0 Å². The molecule has 0 aliphatic carbocycles. The quantitative estimate of drug-likeness (QED) is 0.798. The van der Waals surface area contributed by atoms with Crippen LogP contribution in [0.25, 0.3) is 0 Å². The average Bonchev–Trinajstić information content (AvgIpc) is 2.72. The van der Waals surface area contributed by atoms with Crippen molar-refractivity contribution in [3.8, 4) is 0 Å². The van der Waals surface area contributed by atoms with Gasteiger partial charge < -0.3 is 10.4 Å². The minimum Gasteiger partial charge on any atom is -0.478 e. The third-order valence-corrected chi connectivity index (χ3v) is 3.16. The number of aromatic nitrogens is 3. The minimum atomic E-state index is -0.939. The summed E-state index contributed by atoms with van der Waals surface area (Å²) in [5.74, 6) is -0.341. The Balaban J connectivity index is 1.89. The van der Waals surface area contributed by atoms with Crippen LogP contribution in [-0.2, 0) is 6.54 Å². The molecule has 6 heteroatoms. The van der Waals surface area contributed by atoms with E-state index in [0.29, 0.717) is 18.1 Å². The second kappa shape index (κ2) is 6.39. The topological polar surface area (TPSA) is 80.0 Å². The third-order valence-electron chi connectivity index (χ3n) is 3.16. The van der Waals surface area contributed by atoms with Crippen LogP contribution in [0.2, 0.25) is 0 Å². The van der Waals surface area contributed by atoms with E-state index >= 15 is 0 Å². The Bertz CT molecular complexity index is 649. The van der Waals surface area contributed by atoms with Gasteiger partial charge in [0.25, 0.3) is 0 Å². The van der Waals surface area contributed by atoms with Gasteiger partial charge in [0.15, 0.2) is 0 Å². The van der Waals surface area contributed by atoms with E-state index in [1.165, 1.54) is 0 Å². The number of nitrogens with one attached hydrogen (secondary N) is 1. The highest BCUT2D eigenvalue weighted by Crippen LogP contribution is 2.10.